The smallest absolute Gasteiger partial charge is 0.318 e. The summed E-state index contributed by atoms with van der Waals surface area (Å²) in [5, 5.41) is 11.2. The van der Waals surface area contributed by atoms with Crippen LogP contribution in [0.15, 0.2) is 53.6 Å². The van der Waals surface area contributed by atoms with Crippen molar-refractivity contribution in [1.82, 2.24) is 29.1 Å². The van der Waals surface area contributed by atoms with Crippen LogP contribution in [0.2, 0.25) is 0 Å². The van der Waals surface area contributed by atoms with Gasteiger partial charge < -0.3 is 15.0 Å². The number of sulfonamides is 1. The predicted molar refractivity (Wildman–Crippen MR) is 118 cm³/mol. The van der Waals surface area contributed by atoms with Crippen LogP contribution < -0.4 is 10.1 Å². The van der Waals surface area contributed by atoms with Gasteiger partial charge in [-0.2, -0.15) is 4.31 Å². The minimum atomic E-state index is -3.63. The highest BCUT2D eigenvalue weighted by molar-refractivity contribution is 7.89. The second-order valence-corrected chi connectivity index (χ2v) is 9.39. The molecule has 1 atom stereocenters. The first-order valence-electron chi connectivity index (χ1n) is 10.5. The van der Waals surface area contributed by atoms with E-state index in [1.165, 1.54) is 4.31 Å². The molecule has 1 N–H and O–H groups in total. The molecule has 4 rings (SSSR count). The van der Waals surface area contributed by atoms with Crippen molar-refractivity contribution in [3.8, 4) is 5.75 Å². The van der Waals surface area contributed by atoms with Gasteiger partial charge in [0.15, 0.2) is 11.5 Å². The molecule has 2 aromatic heterocycles. The second kappa shape index (κ2) is 9.13. The topological polar surface area (TPSA) is 109 Å². The summed E-state index contributed by atoms with van der Waals surface area (Å²) < 4.78 is 34.5. The third-order valence-electron chi connectivity index (χ3n) is 5.37. The lowest BCUT2D eigenvalue weighted by Gasteiger charge is -2.34. The van der Waals surface area contributed by atoms with Crippen molar-refractivity contribution in [2.75, 3.05) is 32.8 Å². The molecule has 32 heavy (non-hydrogen) atoms. The number of aromatic nitrogens is 3. The van der Waals surface area contributed by atoms with Crippen molar-refractivity contribution >= 4 is 21.7 Å². The molecule has 3 heterocycles. The minimum absolute atomic E-state index is 0.214. The molecule has 10 nitrogen and oxygen atoms in total. The average molecular weight is 459 g/mol. The number of amides is 2. The van der Waals surface area contributed by atoms with E-state index in [-0.39, 0.29) is 30.1 Å². The SMILES string of the molecule is CCOc1ccc(S(=O)(=O)N2CCN(C(=O)NC(C)c3nnc4ccccn34)CC2)cc1. The van der Waals surface area contributed by atoms with E-state index in [2.05, 4.69) is 15.5 Å². The number of pyridine rings is 1. The molecule has 0 radical (unpaired) electrons. The van der Waals surface area contributed by atoms with E-state index in [0.29, 0.717) is 36.9 Å². The lowest BCUT2D eigenvalue weighted by molar-refractivity contribution is 0.169. The van der Waals surface area contributed by atoms with Crippen molar-refractivity contribution in [3.05, 3.63) is 54.5 Å². The summed E-state index contributed by atoms with van der Waals surface area (Å²) in [5.41, 5.74) is 0.705. The maximum atomic E-state index is 12.9. The summed E-state index contributed by atoms with van der Waals surface area (Å²) in [4.78, 5) is 14.6. The molecule has 1 unspecified atom stereocenters. The molecular formula is C21H26N6O4S. The quantitative estimate of drug-likeness (QED) is 0.604. The normalized spacial score (nSPS) is 16.1. The molecule has 2 amide bonds. The Labute approximate surface area is 186 Å². The molecule has 1 saturated heterocycles. The maximum absolute atomic E-state index is 12.9. The van der Waals surface area contributed by atoms with Crippen LogP contribution in [0.25, 0.3) is 5.65 Å². The number of benzene rings is 1. The van der Waals surface area contributed by atoms with Crippen molar-refractivity contribution in [2.24, 2.45) is 0 Å². The van der Waals surface area contributed by atoms with Gasteiger partial charge in [0.25, 0.3) is 0 Å². The molecule has 0 spiro atoms. The number of ether oxygens (including phenoxy) is 1. The molecule has 1 aromatic carbocycles. The van der Waals surface area contributed by atoms with Crippen LogP contribution in [0.5, 0.6) is 5.75 Å². The fourth-order valence-electron chi connectivity index (χ4n) is 3.65. The number of hydrogen-bond acceptors (Lipinski definition) is 6. The highest BCUT2D eigenvalue weighted by Gasteiger charge is 2.31. The third kappa shape index (κ3) is 4.39. The van der Waals surface area contributed by atoms with Crippen LogP contribution in [0.3, 0.4) is 0 Å². The van der Waals surface area contributed by atoms with Gasteiger partial charge in [-0.25, -0.2) is 13.2 Å². The van der Waals surface area contributed by atoms with E-state index in [1.54, 1.807) is 29.2 Å². The molecule has 1 aliphatic rings. The number of nitrogens with zero attached hydrogens (tertiary/aromatic N) is 5. The Morgan fingerprint density at radius 2 is 1.81 bits per heavy atom. The fourth-order valence-corrected chi connectivity index (χ4v) is 5.07. The van der Waals surface area contributed by atoms with Gasteiger partial charge in [0.05, 0.1) is 17.5 Å². The second-order valence-electron chi connectivity index (χ2n) is 7.45. The third-order valence-corrected chi connectivity index (χ3v) is 7.28. The fraction of sp³-hybridized carbons (Fsp3) is 0.381. The van der Waals surface area contributed by atoms with E-state index in [0.717, 1.165) is 0 Å². The molecule has 170 valence electrons. The Morgan fingerprint density at radius 3 is 2.50 bits per heavy atom. The number of fused-ring (bicyclic) bond motifs is 1. The van der Waals surface area contributed by atoms with Crippen LogP contribution >= 0.6 is 0 Å². The van der Waals surface area contributed by atoms with Crippen molar-refractivity contribution < 1.29 is 17.9 Å². The van der Waals surface area contributed by atoms with E-state index in [4.69, 9.17) is 4.74 Å². The summed E-state index contributed by atoms with van der Waals surface area (Å²) in [6.45, 7) is 5.28. The summed E-state index contributed by atoms with van der Waals surface area (Å²) in [6.07, 6.45) is 1.85. The van der Waals surface area contributed by atoms with Gasteiger partial charge in [0, 0.05) is 32.4 Å². The van der Waals surface area contributed by atoms with Gasteiger partial charge in [-0.05, 0) is 50.2 Å². The number of carbonyl (C=O) groups is 1. The number of carbonyl (C=O) groups excluding carboxylic acids is 1. The van der Waals surface area contributed by atoms with Crippen LogP contribution in [0, 0.1) is 0 Å². The van der Waals surface area contributed by atoms with Gasteiger partial charge in [0.2, 0.25) is 10.0 Å². The molecule has 1 fully saturated rings. The standard InChI is InChI=1S/C21H26N6O4S/c1-3-31-17-7-9-18(10-8-17)32(29,30)26-14-12-25(13-15-26)21(28)22-16(2)20-24-23-19-6-4-5-11-27(19)20/h4-11,16H,3,12-15H2,1-2H3,(H,22,28). The average Bonchev–Trinajstić information content (AvgIpc) is 3.24. The summed E-state index contributed by atoms with van der Waals surface area (Å²) in [5.74, 6) is 1.26. The zero-order chi connectivity index (χ0) is 22.7. The molecule has 0 bridgehead atoms. The molecule has 11 heteroatoms. The Hall–Kier alpha value is -3.18. The predicted octanol–water partition coefficient (Wildman–Crippen LogP) is 1.91. The monoisotopic (exact) mass is 458 g/mol. The first-order chi connectivity index (χ1) is 15.4. The van der Waals surface area contributed by atoms with Crippen molar-refractivity contribution in [3.63, 3.8) is 0 Å². The Bertz CT molecular complexity index is 1190. The molecular weight excluding hydrogens is 432 g/mol. The first-order valence-corrected chi connectivity index (χ1v) is 11.9. The Balaban J connectivity index is 1.36. The molecule has 0 saturated carbocycles. The minimum Gasteiger partial charge on any atom is -0.494 e. The lowest BCUT2D eigenvalue weighted by atomic mass is 10.3. The highest BCUT2D eigenvalue weighted by Crippen LogP contribution is 2.21. The van der Waals surface area contributed by atoms with Crippen molar-refractivity contribution in [1.29, 1.82) is 0 Å². The zero-order valence-corrected chi connectivity index (χ0v) is 18.8. The summed E-state index contributed by atoms with van der Waals surface area (Å²) >= 11 is 0. The van der Waals surface area contributed by atoms with Gasteiger partial charge in [-0.1, -0.05) is 6.07 Å². The molecule has 3 aromatic rings. The number of rotatable bonds is 6. The Morgan fingerprint density at radius 1 is 1.09 bits per heavy atom. The summed E-state index contributed by atoms with van der Waals surface area (Å²) in [6, 6.07) is 11.4. The van der Waals surface area contributed by atoms with Gasteiger partial charge in [-0.3, -0.25) is 4.40 Å². The number of hydrogen-bond donors (Lipinski definition) is 1. The van der Waals surface area contributed by atoms with Gasteiger partial charge in [-0.15, -0.1) is 10.2 Å². The van der Waals surface area contributed by atoms with E-state index >= 15 is 0 Å². The number of nitrogens with one attached hydrogen (secondary N) is 1. The van der Waals surface area contributed by atoms with E-state index in [9.17, 15) is 13.2 Å². The van der Waals surface area contributed by atoms with Crippen LogP contribution in [0.4, 0.5) is 4.79 Å². The zero-order valence-electron chi connectivity index (χ0n) is 18.0. The van der Waals surface area contributed by atoms with Gasteiger partial charge in [0.1, 0.15) is 5.75 Å². The highest BCUT2D eigenvalue weighted by atomic mass is 32.2. The van der Waals surface area contributed by atoms with Crippen molar-refractivity contribution in [2.45, 2.75) is 24.8 Å². The van der Waals surface area contributed by atoms with E-state index < -0.39 is 10.0 Å². The summed E-state index contributed by atoms with van der Waals surface area (Å²) in [7, 11) is -3.63. The molecule has 1 aliphatic heterocycles. The first kappa shape index (κ1) is 22.0. The molecule has 0 aliphatic carbocycles. The van der Waals surface area contributed by atoms with E-state index in [1.807, 2.05) is 42.6 Å². The lowest BCUT2D eigenvalue weighted by Crippen LogP contribution is -2.53. The number of urea groups is 1. The van der Waals surface area contributed by atoms with Crippen LogP contribution in [-0.4, -0.2) is 71.0 Å². The van der Waals surface area contributed by atoms with Crippen LogP contribution in [-0.2, 0) is 10.0 Å². The van der Waals surface area contributed by atoms with Crippen LogP contribution in [0.1, 0.15) is 25.7 Å². The largest absolute Gasteiger partial charge is 0.494 e. The van der Waals surface area contributed by atoms with Gasteiger partial charge >= 0.3 is 6.03 Å². The Kier molecular flexibility index (Phi) is 6.28. The maximum Gasteiger partial charge on any atom is 0.318 e. The number of piperazine rings is 1.